The van der Waals surface area contributed by atoms with E-state index in [0.717, 1.165) is 5.92 Å². The summed E-state index contributed by atoms with van der Waals surface area (Å²) in [6.07, 6.45) is 7.01. The minimum Gasteiger partial charge on any atom is -0.313 e. The minimum absolute atomic E-state index is 0.599. The highest BCUT2D eigenvalue weighted by molar-refractivity contribution is 4.83. The second kappa shape index (κ2) is 5.16. The minimum atomic E-state index is 0.599. The molecule has 2 unspecified atom stereocenters. The zero-order chi connectivity index (χ0) is 10.6. The van der Waals surface area contributed by atoms with Crippen molar-refractivity contribution in [1.82, 2.24) is 5.32 Å². The third-order valence-electron chi connectivity index (χ3n) is 4.16. The fourth-order valence-electron chi connectivity index (χ4n) is 2.37. The Morgan fingerprint density at radius 1 is 1.21 bits per heavy atom. The second-order valence-corrected chi connectivity index (χ2v) is 5.57. The number of hydrogen-bond acceptors (Lipinski definition) is 1. The quantitative estimate of drug-likeness (QED) is 0.710. The maximum absolute atomic E-state index is 3.72. The van der Waals surface area contributed by atoms with Crippen LogP contribution in [0.15, 0.2) is 0 Å². The highest BCUT2D eigenvalue weighted by Crippen LogP contribution is 2.36. The molecule has 2 atom stereocenters. The first-order valence-corrected chi connectivity index (χ1v) is 6.31. The van der Waals surface area contributed by atoms with Crippen molar-refractivity contribution in [3.63, 3.8) is 0 Å². The highest BCUT2D eigenvalue weighted by atomic mass is 14.9. The van der Waals surface area contributed by atoms with Crippen molar-refractivity contribution < 1.29 is 0 Å². The molecule has 1 N–H and O–H groups in total. The summed E-state index contributed by atoms with van der Waals surface area (Å²) in [6, 6.07) is 0.678. The van der Waals surface area contributed by atoms with Gasteiger partial charge in [-0.2, -0.15) is 0 Å². The molecule has 1 heteroatoms. The van der Waals surface area contributed by atoms with E-state index in [2.05, 4.69) is 33.0 Å². The number of hydrogen-bond donors (Lipinski definition) is 1. The van der Waals surface area contributed by atoms with E-state index in [1.54, 1.807) is 0 Å². The lowest BCUT2D eigenvalue weighted by Gasteiger charge is -2.28. The largest absolute Gasteiger partial charge is 0.313 e. The van der Waals surface area contributed by atoms with Crippen molar-refractivity contribution in [2.24, 2.45) is 11.3 Å². The van der Waals surface area contributed by atoms with E-state index in [0.29, 0.717) is 11.5 Å². The third kappa shape index (κ3) is 3.27. The summed E-state index contributed by atoms with van der Waals surface area (Å²) >= 11 is 0. The molecule has 1 rings (SSSR count). The standard InChI is InChI=1S/C13H27N/c1-5-11(2)12(3)14-10-13(4)8-6-7-9-13/h11-12,14H,5-10H2,1-4H3. The van der Waals surface area contributed by atoms with Gasteiger partial charge in [-0.1, -0.05) is 40.0 Å². The fourth-order valence-corrected chi connectivity index (χ4v) is 2.37. The Morgan fingerprint density at radius 3 is 2.29 bits per heavy atom. The predicted molar refractivity (Wildman–Crippen MR) is 63.5 cm³/mol. The van der Waals surface area contributed by atoms with Crippen LogP contribution in [0.2, 0.25) is 0 Å². The Hall–Kier alpha value is -0.0400. The Morgan fingerprint density at radius 2 is 1.79 bits per heavy atom. The topological polar surface area (TPSA) is 12.0 Å². The molecular weight excluding hydrogens is 170 g/mol. The maximum atomic E-state index is 3.72. The van der Waals surface area contributed by atoms with Gasteiger partial charge in [0.2, 0.25) is 0 Å². The molecule has 1 fully saturated rings. The van der Waals surface area contributed by atoms with Gasteiger partial charge in [-0.15, -0.1) is 0 Å². The summed E-state index contributed by atoms with van der Waals surface area (Å²) < 4.78 is 0. The fraction of sp³-hybridized carbons (Fsp3) is 1.00. The van der Waals surface area contributed by atoms with E-state index in [4.69, 9.17) is 0 Å². The van der Waals surface area contributed by atoms with Crippen molar-refractivity contribution in [1.29, 1.82) is 0 Å². The SMILES string of the molecule is CCC(C)C(C)NCC1(C)CCCC1. The summed E-state index contributed by atoms with van der Waals surface area (Å²) in [5.41, 5.74) is 0.599. The second-order valence-electron chi connectivity index (χ2n) is 5.57. The van der Waals surface area contributed by atoms with Gasteiger partial charge in [0.15, 0.2) is 0 Å². The van der Waals surface area contributed by atoms with Gasteiger partial charge >= 0.3 is 0 Å². The van der Waals surface area contributed by atoms with Crippen molar-refractivity contribution in [3.8, 4) is 0 Å². The first kappa shape index (κ1) is 12.0. The van der Waals surface area contributed by atoms with E-state index < -0.39 is 0 Å². The van der Waals surface area contributed by atoms with Crippen LogP contribution in [0.1, 0.15) is 59.8 Å². The molecule has 1 saturated carbocycles. The van der Waals surface area contributed by atoms with Crippen LogP contribution in [0.5, 0.6) is 0 Å². The van der Waals surface area contributed by atoms with E-state index in [9.17, 15) is 0 Å². The van der Waals surface area contributed by atoms with E-state index in [1.807, 2.05) is 0 Å². The van der Waals surface area contributed by atoms with Crippen molar-refractivity contribution in [2.45, 2.75) is 65.8 Å². The Balaban J connectivity index is 2.25. The molecule has 0 aromatic heterocycles. The van der Waals surface area contributed by atoms with Crippen LogP contribution in [0.25, 0.3) is 0 Å². The molecule has 0 aromatic rings. The molecule has 0 aliphatic heterocycles. The summed E-state index contributed by atoms with van der Waals surface area (Å²) in [4.78, 5) is 0. The monoisotopic (exact) mass is 197 g/mol. The molecule has 1 aliphatic rings. The van der Waals surface area contributed by atoms with Gasteiger partial charge in [-0.3, -0.25) is 0 Å². The van der Waals surface area contributed by atoms with Gasteiger partial charge in [0.25, 0.3) is 0 Å². The molecule has 0 amide bonds. The van der Waals surface area contributed by atoms with Gasteiger partial charge in [-0.25, -0.2) is 0 Å². The molecule has 0 spiro atoms. The normalized spacial score (nSPS) is 24.9. The molecule has 1 nitrogen and oxygen atoms in total. The summed E-state index contributed by atoms with van der Waals surface area (Å²) in [7, 11) is 0. The predicted octanol–water partition coefficient (Wildman–Crippen LogP) is 3.59. The van der Waals surface area contributed by atoms with E-state index >= 15 is 0 Å². The lowest BCUT2D eigenvalue weighted by Crippen LogP contribution is -2.38. The van der Waals surface area contributed by atoms with Crippen LogP contribution in [0, 0.1) is 11.3 Å². The lowest BCUT2D eigenvalue weighted by molar-refractivity contribution is 0.276. The molecule has 14 heavy (non-hydrogen) atoms. The van der Waals surface area contributed by atoms with Crippen LogP contribution in [-0.2, 0) is 0 Å². The van der Waals surface area contributed by atoms with Crippen LogP contribution in [-0.4, -0.2) is 12.6 Å². The average molecular weight is 197 g/mol. The zero-order valence-electron chi connectivity index (χ0n) is 10.4. The maximum Gasteiger partial charge on any atom is 0.00644 e. The first-order chi connectivity index (χ1) is 6.57. The van der Waals surface area contributed by atoms with Crippen LogP contribution in [0.3, 0.4) is 0 Å². The van der Waals surface area contributed by atoms with Gasteiger partial charge in [0.05, 0.1) is 0 Å². The van der Waals surface area contributed by atoms with E-state index in [1.165, 1.54) is 38.6 Å². The van der Waals surface area contributed by atoms with Crippen LogP contribution >= 0.6 is 0 Å². The molecule has 0 saturated heterocycles. The molecule has 0 bridgehead atoms. The van der Waals surface area contributed by atoms with Crippen LogP contribution in [0.4, 0.5) is 0 Å². The molecule has 0 aromatic carbocycles. The smallest absolute Gasteiger partial charge is 0.00644 e. The molecular formula is C13H27N. The molecule has 84 valence electrons. The van der Waals surface area contributed by atoms with E-state index in [-0.39, 0.29) is 0 Å². The van der Waals surface area contributed by atoms with Gasteiger partial charge in [0.1, 0.15) is 0 Å². The molecule has 1 aliphatic carbocycles. The third-order valence-corrected chi connectivity index (χ3v) is 4.16. The molecule has 0 heterocycles. The van der Waals surface area contributed by atoms with Gasteiger partial charge < -0.3 is 5.32 Å². The van der Waals surface area contributed by atoms with Crippen LogP contribution < -0.4 is 5.32 Å². The Bertz CT molecular complexity index is 159. The number of rotatable bonds is 5. The average Bonchev–Trinajstić information content (AvgIpc) is 2.61. The number of nitrogens with one attached hydrogen (secondary N) is 1. The van der Waals surface area contributed by atoms with Gasteiger partial charge in [0, 0.05) is 12.6 Å². The zero-order valence-corrected chi connectivity index (χ0v) is 10.4. The van der Waals surface area contributed by atoms with Gasteiger partial charge in [-0.05, 0) is 31.1 Å². The van der Waals surface area contributed by atoms with Crippen molar-refractivity contribution in [3.05, 3.63) is 0 Å². The Labute approximate surface area is 89.7 Å². The molecule has 0 radical (unpaired) electrons. The Kier molecular flexibility index (Phi) is 4.43. The first-order valence-electron chi connectivity index (χ1n) is 6.31. The van der Waals surface area contributed by atoms with Crippen molar-refractivity contribution >= 4 is 0 Å². The highest BCUT2D eigenvalue weighted by Gasteiger charge is 2.28. The summed E-state index contributed by atoms with van der Waals surface area (Å²) in [5, 5.41) is 3.72. The summed E-state index contributed by atoms with van der Waals surface area (Å²) in [5.74, 6) is 0.806. The summed E-state index contributed by atoms with van der Waals surface area (Å²) in [6.45, 7) is 10.6. The lowest BCUT2D eigenvalue weighted by atomic mass is 9.88. The van der Waals surface area contributed by atoms with Crippen molar-refractivity contribution in [2.75, 3.05) is 6.54 Å².